The second-order valence-electron chi connectivity index (χ2n) is 8.27. The van der Waals surface area contributed by atoms with Gasteiger partial charge in [-0.3, -0.25) is 9.89 Å². The van der Waals surface area contributed by atoms with Crippen LogP contribution in [-0.2, 0) is 6.54 Å². The number of rotatable bonds is 4. The SMILES string of the molecule is CC1CC(Cn2ccc3nc(-c4cn[nH]c4)ccc32)CCN1C(=O)c1ccccc1F. The monoisotopic (exact) mass is 417 g/mol. The summed E-state index contributed by atoms with van der Waals surface area (Å²) in [6.45, 7) is 3.57. The second kappa shape index (κ2) is 7.98. The highest BCUT2D eigenvalue weighted by Gasteiger charge is 2.30. The maximum Gasteiger partial charge on any atom is 0.257 e. The van der Waals surface area contributed by atoms with Crippen molar-refractivity contribution >= 4 is 16.9 Å². The first kappa shape index (κ1) is 19.5. The molecule has 0 saturated carbocycles. The first-order valence-corrected chi connectivity index (χ1v) is 10.6. The van der Waals surface area contributed by atoms with E-state index in [1.165, 1.54) is 6.07 Å². The van der Waals surface area contributed by atoms with E-state index in [9.17, 15) is 9.18 Å². The lowest BCUT2D eigenvalue weighted by molar-refractivity contribution is 0.0560. The van der Waals surface area contributed by atoms with E-state index in [1.807, 2.05) is 18.3 Å². The molecule has 1 fully saturated rings. The van der Waals surface area contributed by atoms with E-state index in [0.717, 1.165) is 41.7 Å². The van der Waals surface area contributed by atoms with Gasteiger partial charge < -0.3 is 9.47 Å². The number of amides is 1. The highest BCUT2D eigenvalue weighted by molar-refractivity contribution is 5.94. The minimum absolute atomic E-state index is 0.0681. The first-order valence-electron chi connectivity index (χ1n) is 10.6. The summed E-state index contributed by atoms with van der Waals surface area (Å²) in [5.41, 5.74) is 4.08. The highest BCUT2D eigenvalue weighted by Crippen LogP contribution is 2.28. The lowest BCUT2D eigenvalue weighted by Gasteiger charge is -2.38. The summed E-state index contributed by atoms with van der Waals surface area (Å²) < 4.78 is 16.3. The molecule has 158 valence electrons. The molecule has 1 aromatic carbocycles. The lowest BCUT2D eigenvalue weighted by Crippen LogP contribution is -2.45. The number of fused-ring (bicyclic) bond motifs is 1. The van der Waals surface area contributed by atoms with Gasteiger partial charge in [-0.25, -0.2) is 9.37 Å². The summed E-state index contributed by atoms with van der Waals surface area (Å²) >= 11 is 0. The standard InChI is InChI=1S/C24H24FN5O/c1-16-12-17(8-11-30(16)24(31)19-4-2-3-5-20(19)25)15-29-10-9-22-23(29)7-6-21(28-22)18-13-26-27-14-18/h2-7,9-10,13-14,16-17H,8,11-12,15H2,1H3,(H,26,27). The third-order valence-electron chi connectivity index (χ3n) is 6.22. The van der Waals surface area contributed by atoms with Gasteiger partial charge in [0.15, 0.2) is 0 Å². The van der Waals surface area contributed by atoms with Crippen LogP contribution in [0.3, 0.4) is 0 Å². The molecule has 0 spiro atoms. The molecule has 1 amide bonds. The number of hydrogen-bond acceptors (Lipinski definition) is 3. The predicted octanol–water partition coefficient (Wildman–Crippen LogP) is 4.51. The number of pyridine rings is 1. The maximum absolute atomic E-state index is 14.1. The van der Waals surface area contributed by atoms with Crippen molar-refractivity contribution in [2.75, 3.05) is 6.54 Å². The van der Waals surface area contributed by atoms with Crippen LogP contribution < -0.4 is 0 Å². The number of nitrogens with zero attached hydrogens (tertiary/aromatic N) is 4. The van der Waals surface area contributed by atoms with Crippen LogP contribution in [0.4, 0.5) is 4.39 Å². The minimum Gasteiger partial charge on any atom is -0.346 e. The Balaban J connectivity index is 1.28. The fraction of sp³-hybridized carbons (Fsp3) is 0.292. The molecule has 1 N–H and O–H groups in total. The first-order chi connectivity index (χ1) is 15.1. The third kappa shape index (κ3) is 3.71. The van der Waals surface area contributed by atoms with Gasteiger partial charge in [0.25, 0.3) is 5.91 Å². The van der Waals surface area contributed by atoms with E-state index in [-0.39, 0.29) is 17.5 Å². The molecule has 2 atom stereocenters. The van der Waals surface area contributed by atoms with Gasteiger partial charge in [-0.2, -0.15) is 5.10 Å². The largest absolute Gasteiger partial charge is 0.346 e. The number of piperidine rings is 1. The lowest BCUT2D eigenvalue weighted by atomic mass is 9.91. The van der Waals surface area contributed by atoms with Crippen LogP contribution in [0.5, 0.6) is 0 Å². The quantitative estimate of drug-likeness (QED) is 0.531. The molecule has 1 aliphatic heterocycles. The van der Waals surface area contributed by atoms with Gasteiger partial charge in [0, 0.05) is 37.1 Å². The topological polar surface area (TPSA) is 66.8 Å². The molecule has 0 aliphatic carbocycles. The van der Waals surface area contributed by atoms with Crippen LogP contribution in [-0.4, -0.2) is 43.1 Å². The van der Waals surface area contributed by atoms with E-state index < -0.39 is 5.82 Å². The zero-order valence-electron chi connectivity index (χ0n) is 17.3. The number of likely N-dealkylation sites (tertiary alicyclic amines) is 1. The average molecular weight is 417 g/mol. The molecule has 0 radical (unpaired) electrons. The van der Waals surface area contributed by atoms with Crippen molar-refractivity contribution in [3.8, 4) is 11.3 Å². The van der Waals surface area contributed by atoms with Crippen LogP contribution in [0, 0.1) is 11.7 Å². The second-order valence-corrected chi connectivity index (χ2v) is 8.27. The van der Waals surface area contributed by atoms with Crippen LogP contribution in [0.1, 0.15) is 30.1 Å². The number of H-pyrrole nitrogens is 1. The molecule has 6 nitrogen and oxygen atoms in total. The fourth-order valence-corrected chi connectivity index (χ4v) is 4.59. The summed E-state index contributed by atoms with van der Waals surface area (Å²) in [5, 5.41) is 6.81. The van der Waals surface area contributed by atoms with Gasteiger partial charge in [0.05, 0.1) is 28.5 Å². The fourth-order valence-electron chi connectivity index (χ4n) is 4.59. The zero-order chi connectivity index (χ0) is 21.4. The van der Waals surface area contributed by atoms with E-state index in [2.05, 4.69) is 34.0 Å². The molecule has 2 unspecified atom stereocenters. The van der Waals surface area contributed by atoms with Gasteiger partial charge in [-0.15, -0.1) is 0 Å². The summed E-state index contributed by atoms with van der Waals surface area (Å²) in [6.07, 6.45) is 7.47. The zero-order valence-corrected chi connectivity index (χ0v) is 17.3. The molecule has 0 bridgehead atoms. The minimum atomic E-state index is -0.456. The van der Waals surface area contributed by atoms with Gasteiger partial charge in [0.1, 0.15) is 5.82 Å². The van der Waals surface area contributed by atoms with Crippen molar-refractivity contribution in [2.24, 2.45) is 5.92 Å². The predicted molar refractivity (Wildman–Crippen MR) is 117 cm³/mol. The molecular weight excluding hydrogens is 393 g/mol. The number of hydrogen-bond donors (Lipinski definition) is 1. The summed E-state index contributed by atoms with van der Waals surface area (Å²) in [7, 11) is 0. The van der Waals surface area contributed by atoms with Crippen molar-refractivity contribution < 1.29 is 9.18 Å². The Labute approximate surface area is 179 Å². The van der Waals surface area contributed by atoms with E-state index in [4.69, 9.17) is 4.98 Å². The van der Waals surface area contributed by atoms with E-state index in [1.54, 1.807) is 29.3 Å². The molecule has 1 aliphatic rings. The molecular formula is C24H24FN5O. The normalized spacial score (nSPS) is 19.1. The number of halogens is 1. The Morgan fingerprint density at radius 1 is 1.23 bits per heavy atom. The van der Waals surface area contributed by atoms with Crippen LogP contribution in [0.2, 0.25) is 0 Å². The third-order valence-corrected chi connectivity index (χ3v) is 6.22. The van der Waals surface area contributed by atoms with Crippen LogP contribution >= 0.6 is 0 Å². The Morgan fingerprint density at radius 2 is 2.10 bits per heavy atom. The Bertz CT molecular complexity index is 1220. The number of nitrogens with one attached hydrogen (secondary N) is 1. The molecule has 4 aromatic rings. The van der Waals surface area contributed by atoms with Crippen molar-refractivity contribution in [2.45, 2.75) is 32.4 Å². The number of aromatic amines is 1. The Kier molecular flexibility index (Phi) is 5.02. The van der Waals surface area contributed by atoms with Crippen LogP contribution in [0.25, 0.3) is 22.3 Å². The van der Waals surface area contributed by atoms with E-state index >= 15 is 0 Å². The molecule has 4 heterocycles. The average Bonchev–Trinajstić information content (AvgIpc) is 3.44. The summed E-state index contributed by atoms with van der Waals surface area (Å²) in [5.74, 6) is -0.224. The number of benzene rings is 1. The smallest absolute Gasteiger partial charge is 0.257 e. The van der Waals surface area contributed by atoms with Gasteiger partial charge in [-0.1, -0.05) is 12.1 Å². The molecule has 5 rings (SSSR count). The van der Waals surface area contributed by atoms with Crippen molar-refractivity contribution in [1.29, 1.82) is 0 Å². The Hall–Kier alpha value is -3.48. The number of aromatic nitrogens is 4. The summed E-state index contributed by atoms with van der Waals surface area (Å²) in [6, 6.07) is 12.4. The van der Waals surface area contributed by atoms with Crippen molar-refractivity contribution in [1.82, 2.24) is 24.6 Å². The molecule has 31 heavy (non-hydrogen) atoms. The number of carbonyl (C=O) groups is 1. The van der Waals surface area contributed by atoms with Crippen molar-refractivity contribution in [3.63, 3.8) is 0 Å². The van der Waals surface area contributed by atoms with Gasteiger partial charge in [-0.05, 0) is 56.0 Å². The van der Waals surface area contributed by atoms with Gasteiger partial charge in [0.2, 0.25) is 0 Å². The number of carbonyl (C=O) groups excluding carboxylic acids is 1. The highest BCUT2D eigenvalue weighted by atomic mass is 19.1. The molecule has 1 saturated heterocycles. The maximum atomic E-state index is 14.1. The Morgan fingerprint density at radius 3 is 2.87 bits per heavy atom. The van der Waals surface area contributed by atoms with Crippen LogP contribution in [0.15, 0.2) is 61.1 Å². The van der Waals surface area contributed by atoms with E-state index in [0.29, 0.717) is 12.5 Å². The van der Waals surface area contributed by atoms with Crippen molar-refractivity contribution in [3.05, 3.63) is 72.4 Å². The molecule has 7 heteroatoms. The summed E-state index contributed by atoms with van der Waals surface area (Å²) in [4.78, 5) is 19.4. The molecule has 3 aromatic heterocycles. The van der Waals surface area contributed by atoms with Gasteiger partial charge >= 0.3 is 0 Å².